The monoisotopic (exact) mass is 667 g/mol. The number of aliphatic hydroxyl groups excluding tert-OH is 4. The molecule has 3 aromatic heterocycles. The minimum atomic E-state index is -1.29. The van der Waals surface area contributed by atoms with E-state index in [4.69, 9.17) is 24.7 Å². The van der Waals surface area contributed by atoms with Crippen molar-refractivity contribution >= 4 is 17.1 Å². The van der Waals surface area contributed by atoms with E-state index < -0.39 is 36.7 Å². The number of nitrogens with zero attached hydrogens (tertiary/aromatic N) is 3. The highest BCUT2D eigenvalue weighted by Crippen LogP contribution is 2.78. The van der Waals surface area contributed by atoms with Gasteiger partial charge in [0.1, 0.15) is 23.9 Å². The molecule has 0 bridgehead atoms. The molecule has 1 spiro atoms. The van der Waals surface area contributed by atoms with Crippen LogP contribution in [0.3, 0.4) is 0 Å². The van der Waals surface area contributed by atoms with Gasteiger partial charge in [0.15, 0.2) is 17.4 Å². The Morgan fingerprint density at radius 1 is 1.04 bits per heavy atom. The second-order valence-corrected chi connectivity index (χ2v) is 15.5. The first-order valence-corrected chi connectivity index (χ1v) is 17.2. The molecule has 14 heteroatoms. The quantitative estimate of drug-likeness (QED) is 0.219. The predicted molar refractivity (Wildman–Crippen MR) is 171 cm³/mol. The maximum atomic E-state index is 11.7. The molecule has 14 nitrogen and oxygen atoms in total. The van der Waals surface area contributed by atoms with E-state index in [1.165, 1.54) is 48.6 Å². The van der Waals surface area contributed by atoms with Crippen LogP contribution in [0.1, 0.15) is 82.9 Å². The molecule has 0 amide bonds. The highest BCUT2D eigenvalue weighted by Gasteiger charge is 2.80. The van der Waals surface area contributed by atoms with Crippen molar-refractivity contribution in [2.75, 3.05) is 12.3 Å². The van der Waals surface area contributed by atoms with Crippen molar-refractivity contribution in [3.05, 3.63) is 51.1 Å². The lowest BCUT2D eigenvalue weighted by Crippen LogP contribution is -2.58. The van der Waals surface area contributed by atoms with Crippen LogP contribution in [0.15, 0.2) is 38.7 Å². The minimum absolute atomic E-state index is 0.0285. The van der Waals surface area contributed by atoms with Crippen LogP contribution in [-0.2, 0) is 9.47 Å². The fourth-order valence-electron chi connectivity index (χ4n) is 11.0. The summed E-state index contributed by atoms with van der Waals surface area (Å²) in [7, 11) is 0. The molecule has 260 valence electrons. The average molecular weight is 668 g/mol. The molecule has 7 N–H and O–H groups in total. The number of hydrogen-bond acceptors (Lipinski definition) is 12. The van der Waals surface area contributed by atoms with E-state index in [2.05, 4.69) is 28.8 Å². The first-order valence-electron chi connectivity index (χ1n) is 17.2. The molecule has 48 heavy (non-hydrogen) atoms. The topological polar surface area (TPSA) is 222 Å². The number of H-pyrrole nitrogens is 1. The second-order valence-electron chi connectivity index (χ2n) is 15.5. The maximum absolute atomic E-state index is 11.7. The number of anilines is 1. The molecule has 3 aromatic rings. The summed E-state index contributed by atoms with van der Waals surface area (Å²) in [6.45, 7) is 4.53. The third-order valence-corrected chi connectivity index (χ3v) is 13.4. The normalized spacial score (nSPS) is 44.2. The SMILES string of the molecule is C[C@]12CC[C@H](O)C[C@H]1CC[C@@H]1[C@@H]2CC[C@]2(C)[C@@H](c3ccc(=O)oc3)C[C@H]3O[C@]132.Nc1nc2c(ncn2[C@@H]2O[C@H](CO)[C@@H](O)[C@H]2O)c(=O)[nH]1. The van der Waals surface area contributed by atoms with Crippen LogP contribution in [0.5, 0.6) is 0 Å². The van der Waals surface area contributed by atoms with E-state index in [0.717, 1.165) is 25.2 Å². The molecule has 13 atom stereocenters. The maximum Gasteiger partial charge on any atom is 0.335 e. The summed E-state index contributed by atoms with van der Waals surface area (Å²) in [5, 5.41) is 39.0. The van der Waals surface area contributed by atoms with Crippen molar-refractivity contribution in [1.82, 2.24) is 19.5 Å². The van der Waals surface area contributed by atoms with Crippen molar-refractivity contribution in [1.29, 1.82) is 0 Å². The Labute approximate surface area is 276 Å². The summed E-state index contributed by atoms with van der Waals surface area (Å²) >= 11 is 0. The van der Waals surface area contributed by atoms with Gasteiger partial charge in [-0.25, -0.2) is 9.78 Å². The molecule has 4 saturated carbocycles. The van der Waals surface area contributed by atoms with Gasteiger partial charge >= 0.3 is 5.63 Å². The molecule has 0 radical (unpaired) electrons. The molecule has 9 rings (SSSR count). The number of aromatic nitrogens is 4. The van der Waals surface area contributed by atoms with Gasteiger partial charge in [-0.1, -0.05) is 13.8 Å². The van der Waals surface area contributed by atoms with Crippen LogP contribution in [0.4, 0.5) is 5.95 Å². The van der Waals surface area contributed by atoms with Gasteiger partial charge < -0.3 is 40.1 Å². The lowest BCUT2D eigenvalue weighted by molar-refractivity contribution is -0.139. The van der Waals surface area contributed by atoms with Gasteiger partial charge in [0.05, 0.1) is 31.4 Å². The molecule has 2 saturated heterocycles. The van der Waals surface area contributed by atoms with E-state index >= 15 is 0 Å². The van der Waals surface area contributed by atoms with Crippen LogP contribution in [0, 0.1) is 28.6 Å². The first kappa shape index (κ1) is 32.1. The number of rotatable bonds is 3. The Balaban J connectivity index is 0.000000149. The Hall–Kier alpha value is -3.14. The van der Waals surface area contributed by atoms with E-state index in [9.17, 15) is 24.9 Å². The summed E-state index contributed by atoms with van der Waals surface area (Å²) in [4.78, 5) is 33.2. The molecule has 2 aliphatic heterocycles. The number of hydrogen-bond donors (Lipinski definition) is 6. The highest BCUT2D eigenvalue weighted by molar-refractivity contribution is 5.70. The Bertz CT molecular complexity index is 1810. The van der Waals surface area contributed by atoms with E-state index in [-0.39, 0.29) is 39.9 Å². The zero-order chi connectivity index (χ0) is 33.7. The molecule has 4 aliphatic carbocycles. The summed E-state index contributed by atoms with van der Waals surface area (Å²) in [6.07, 6.45) is 7.93. The zero-order valence-corrected chi connectivity index (χ0v) is 27.2. The molecule has 6 fully saturated rings. The van der Waals surface area contributed by atoms with Crippen LogP contribution in [0.2, 0.25) is 0 Å². The van der Waals surface area contributed by atoms with Gasteiger partial charge in [0, 0.05) is 11.5 Å². The largest absolute Gasteiger partial charge is 0.431 e. The van der Waals surface area contributed by atoms with Crippen molar-refractivity contribution in [3.8, 4) is 0 Å². The average Bonchev–Trinajstić information content (AvgIpc) is 3.36. The fraction of sp³-hybridized carbons (Fsp3) is 0.706. The Morgan fingerprint density at radius 2 is 1.85 bits per heavy atom. The van der Waals surface area contributed by atoms with Crippen molar-refractivity contribution in [3.63, 3.8) is 0 Å². The first-order chi connectivity index (χ1) is 22.9. The van der Waals surface area contributed by atoms with Crippen molar-refractivity contribution < 1.29 is 34.3 Å². The minimum Gasteiger partial charge on any atom is -0.431 e. The summed E-state index contributed by atoms with van der Waals surface area (Å²) in [5.41, 5.74) is 6.56. The molecular weight excluding hydrogens is 622 g/mol. The number of epoxide rings is 1. The Kier molecular flexibility index (Phi) is 7.48. The summed E-state index contributed by atoms with van der Waals surface area (Å²) in [6, 6.07) is 3.55. The Morgan fingerprint density at radius 3 is 2.58 bits per heavy atom. The number of aromatic amines is 1. The van der Waals surface area contributed by atoms with Crippen LogP contribution in [-0.4, -0.2) is 82.7 Å². The molecule has 5 heterocycles. The predicted octanol–water partition coefficient (Wildman–Crippen LogP) is 1.57. The zero-order valence-electron chi connectivity index (χ0n) is 27.2. The lowest BCUT2D eigenvalue weighted by Gasteiger charge is -2.61. The van der Waals surface area contributed by atoms with Gasteiger partial charge in [-0.3, -0.25) is 14.3 Å². The van der Waals surface area contributed by atoms with Crippen molar-refractivity contribution in [2.24, 2.45) is 28.6 Å². The summed E-state index contributed by atoms with van der Waals surface area (Å²) < 4.78 is 18.5. The van der Waals surface area contributed by atoms with E-state index in [0.29, 0.717) is 29.3 Å². The van der Waals surface area contributed by atoms with E-state index in [1.54, 1.807) is 12.3 Å². The molecule has 0 aromatic carbocycles. The standard InChI is InChI=1S/C24H32O4.C10H13N5O5/c1-22-9-7-16(25)11-15(22)4-5-18-17(22)8-10-23(2)19(12-20-24(18,23)28-20)14-3-6-21(26)27-13-14;11-10-13-7-4(8(19)14-10)12-2-15(7)9-6(18)5(17)3(1-16)20-9/h3,6,13,15-20,25H,4-5,7-12H2,1-2H3;2-3,5-6,9,16-18H,1H2,(H3,11,13,14,19)/t15-,16+,17+,18-,19-,20-,22+,23-,24-;3-,5-,6-,9-/m11/s1. The third-order valence-electron chi connectivity index (χ3n) is 13.4. The van der Waals surface area contributed by atoms with Crippen LogP contribution < -0.4 is 16.9 Å². The molecule has 0 unspecified atom stereocenters. The molecule has 6 aliphatic rings. The number of nitrogen functional groups attached to an aromatic ring is 1. The van der Waals surface area contributed by atoms with Gasteiger partial charge in [-0.05, 0) is 92.1 Å². The number of ether oxygens (including phenoxy) is 2. The van der Waals surface area contributed by atoms with Gasteiger partial charge in [0.2, 0.25) is 5.95 Å². The van der Waals surface area contributed by atoms with Crippen LogP contribution in [0.25, 0.3) is 11.2 Å². The number of aliphatic hydroxyl groups is 4. The van der Waals surface area contributed by atoms with E-state index in [1.807, 2.05) is 6.07 Å². The van der Waals surface area contributed by atoms with Crippen molar-refractivity contribution in [2.45, 2.75) is 113 Å². The van der Waals surface area contributed by atoms with Gasteiger partial charge in [-0.15, -0.1) is 0 Å². The summed E-state index contributed by atoms with van der Waals surface area (Å²) in [5.74, 6) is 2.38. The lowest BCUT2D eigenvalue weighted by atomic mass is 9.44. The van der Waals surface area contributed by atoms with Gasteiger partial charge in [0.25, 0.3) is 5.56 Å². The van der Waals surface area contributed by atoms with Gasteiger partial charge in [-0.2, -0.15) is 4.98 Å². The number of imidazole rings is 1. The number of nitrogens with two attached hydrogens (primary N) is 1. The fourth-order valence-corrected chi connectivity index (χ4v) is 11.0. The van der Waals surface area contributed by atoms with Crippen LogP contribution >= 0.6 is 0 Å². The highest BCUT2D eigenvalue weighted by atomic mass is 16.6. The number of nitrogens with one attached hydrogen (secondary N) is 1. The smallest absolute Gasteiger partial charge is 0.335 e. The second kappa shape index (κ2) is 11.2. The number of fused-ring (bicyclic) bond motifs is 4. The third kappa shape index (κ3) is 4.52. The molecular formula is C34H45N5O9.